The van der Waals surface area contributed by atoms with Crippen LogP contribution in [-0.4, -0.2) is 30.1 Å². The smallest absolute Gasteiger partial charge is 0.264 e. The van der Waals surface area contributed by atoms with Gasteiger partial charge in [0, 0.05) is 27.6 Å². The number of amides is 1. The second-order valence-corrected chi connectivity index (χ2v) is 8.13. The number of hydrogen-bond donors (Lipinski definition) is 0. The van der Waals surface area contributed by atoms with Crippen LogP contribution in [0.3, 0.4) is 0 Å². The van der Waals surface area contributed by atoms with Crippen molar-refractivity contribution in [1.29, 1.82) is 0 Å². The van der Waals surface area contributed by atoms with E-state index in [0.717, 1.165) is 26.7 Å². The van der Waals surface area contributed by atoms with Gasteiger partial charge in [-0.15, -0.1) is 23.1 Å². The van der Waals surface area contributed by atoms with E-state index in [1.807, 2.05) is 6.07 Å². The lowest BCUT2D eigenvalue weighted by Gasteiger charge is -2.16. The third-order valence-corrected chi connectivity index (χ3v) is 6.68. The molecule has 1 aromatic heterocycles. The van der Waals surface area contributed by atoms with Gasteiger partial charge in [0.05, 0.1) is 16.4 Å². The zero-order valence-corrected chi connectivity index (χ0v) is 14.3. The van der Waals surface area contributed by atoms with Crippen LogP contribution in [0.5, 0.6) is 0 Å². The SMILES string of the molecule is O=C(c1cc2c(s1)-c1cc(F)c(Cl)cc1SC2)N1CC[C@H](F)C1. The van der Waals surface area contributed by atoms with Crippen molar-refractivity contribution in [2.24, 2.45) is 0 Å². The lowest BCUT2D eigenvalue weighted by molar-refractivity contribution is 0.0787. The van der Waals surface area contributed by atoms with Crippen LogP contribution >= 0.6 is 34.7 Å². The first kappa shape index (κ1) is 15.4. The molecule has 2 nitrogen and oxygen atoms in total. The predicted molar refractivity (Wildman–Crippen MR) is 89.7 cm³/mol. The van der Waals surface area contributed by atoms with Gasteiger partial charge in [0.15, 0.2) is 0 Å². The molecule has 120 valence electrons. The van der Waals surface area contributed by atoms with Gasteiger partial charge in [0.2, 0.25) is 0 Å². The number of halogens is 3. The first-order valence-electron chi connectivity index (χ1n) is 7.21. The van der Waals surface area contributed by atoms with Crippen LogP contribution in [0, 0.1) is 5.82 Å². The molecule has 2 aromatic rings. The van der Waals surface area contributed by atoms with Crippen LogP contribution in [0.2, 0.25) is 5.02 Å². The van der Waals surface area contributed by atoms with Gasteiger partial charge in [-0.25, -0.2) is 8.78 Å². The fourth-order valence-electron chi connectivity index (χ4n) is 2.91. The lowest BCUT2D eigenvalue weighted by atomic mass is 10.1. The first-order valence-corrected chi connectivity index (χ1v) is 9.39. The van der Waals surface area contributed by atoms with E-state index in [1.165, 1.54) is 17.4 Å². The molecule has 1 fully saturated rings. The fourth-order valence-corrected chi connectivity index (χ4v) is 5.53. The van der Waals surface area contributed by atoms with Crippen molar-refractivity contribution in [3.8, 4) is 10.4 Å². The van der Waals surface area contributed by atoms with E-state index in [-0.39, 0.29) is 17.5 Å². The monoisotopic (exact) mass is 371 g/mol. The number of alkyl halides is 1. The summed E-state index contributed by atoms with van der Waals surface area (Å²) in [5, 5.41) is 0.110. The molecule has 0 N–H and O–H groups in total. The Labute approximate surface area is 145 Å². The van der Waals surface area contributed by atoms with Gasteiger partial charge in [0.1, 0.15) is 12.0 Å². The molecular formula is C16H12ClF2NOS2. The van der Waals surface area contributed by atoms with Gasteiger partial charge in [-0.3, -0.25) is 4.79 Å². The Kier molecular flexibility index (Phi) is 3.86. The van der Waals surface area contributed by atoms with Crippen molar-refractivity contribution in [3.63, 3.8) is 0 Å². The highest BCUT2D eigenvalue weighted by atomic mass is 35.5. The highest BCUT2D eigenvalue weighted by Crippen LogP contribution is 2.47. The van der Waals surface area contributed by atoms with Crippen LogP contribution in [0.15, 0.2) is 23.1 Å². The van der Waals surface area contributed by atoms with Crippen LogP contribution in [-0.2, 0) is 5.75 Å². The van der Waals surface area contributed by atoms with E-state index in [9.17, 15) is 13.6 Å². The number of carbonyl (C=O) groups is 1. The normalized spacial score (nSPS) is 19.6. The summed E-state index contributed by atoms with van der Waals surface area (Å²) in [6.07, 6.45) is -0.528. The summed E-state index contributed by atoms with van der Waals surface area (Å²) in [4.78, 5) is 16.5. The second kappa shape index (κ2) is 5.76. The molecule has 0 saturated carbocycles. The zero-order valence-electron chi connectivity index (χ0n) is 11.9. The van der Waals surface area contributed by atoms with Crippen LogP contribution < -0.4 is 0 Å². The maximum Gasteiger partial charge on any atom is 0.264 e. The van der Waals surface area contributed by atoms with Gasteiger partial charge in [0.25, 0.3) is 5.91 Å². The molecule has 0 bridgehead atoms. The summed E-state index contributed by atoms with van der Waals surface area (Å²) in [6.45, 7) is 0.620. The van der Waals surface area contributed by atoms with Gasteiger partial charge < -0.3 is 4.90 Å². The Balaban J connectivity index is 1.71. The quantitative estimate of drug-likeness (QED) is 0.703. The molecule has 1 saturated heterocycles. The van der Waals surface area contributed by atoms with E-state index >= 15 is 0 Å². The van der Waals surface area contributed by atoms with Crippen LogP contribution in [0.25, 0.3) is 10.4 Å². The average Bonchev–Trinajstić information content (AvgIpc) is 3.14. The van der Waals surface area contributed by atoms with E-state index in [1.54, 1.807) is 22.7 Å². The standard InChI is InChI=1S/C16H12ClF2NOS2/c17-11-5-13-10(4-12(11)19)15-8(7-22-13)3-14(23-15)16(21)20-2-1-9(18)6-20/h3-5,9H,1-2,6-7H2/t9-/m0/s1. The molecule has 2 aliphatic heterocycles. The molecule has 3 heterocycles. The molecule has 23 heavy (non-hydrogen) atoms. The van der Waals surface area contributed by atoms with Crippen molar-refractivity contribution in [2.75, 3.05) is 13.1 Å². The molecule has 0 spiro atoms. The first-order chi connectivity index (χ1) is 11.0. The molecule has 0 radical (unpaired) electrons. The Morgan fingerprint density at radius 2 is 2.17 bits per heavy atom. The molecule has 1 aromatic carbocycles. The lowest BCUT2D eigenvalue weighted by Crippen LogP contribution is -2.28. The molecule has 4 rings (SSSR count). The van der Waals surface area contributed by atoms with E-state index in [0.29, 0.717) is 17.8 Å². The number of rotatable bonds is 1. The second-order valence-electron chi connectivity index (χ2n) is 5.65. The Morgan fingerprint density at radius 3 is 2.91 bits per heavy atom. The van der Waals surface area contributed by atoms with E-state index in [4.69, 9.17) is 11.6 Å². The highest BCUT2D eigenvalue weighted by molar-refractivity contribution is 7.98. The highest BCUT2D eigenvalue weighted by Gasteiger charge is 2.29. The summed E-state index contributed by atoms with van der Waals surface area (Å²) in [5.41, 5.74) is 1.81. The Bertz CT molecular complexity index is 808. The van der Waals surface area contributed by atoms with Gasteiger partial charge in [-0.05, 0) is 30.2 Å². The zero-order chi connectivity index (χ0) is 16.1. The third kappa shape index (κ3) is 2.66. The Morgan fingerprint density at radius 1 is 1.35 bits per heavy atom. The molecule has 2 aliphatic rings. The minimum Gasteiger partial charge on any atom is -0.335 e. The minimum atomic E-state index is -0.930. The van der Waals surface area contributed by atoms with Crippen molar-refractivity contribution in [3.05, 3.63) is 39.5 Å². The summed E-state index contributed by atoms with van der Waals surface area (Å²) < 4.78 is 27.1. The fraction of sp³-hybridized carbons (Fsp3) is 0.312. The number of thiophene rings is 1. The molecular weight excluding hydrogens is 360 g/mol. The van der Waals surface area contributed by atoms with E-state index < -0.39 is 12.0 Å². The number of fused-ring (bicyclic) bond motifs is 3. The topological polar surface area (TPSA) is 20.3 Å². The Hall–Kier alpha value is -1.11. The van der Waals surface area contributed by atoms with E-state index in [2.05, 4.69) is 0 Å². The predicted octanol–water partition coefficient (Wildman–Crippen LogP) is 5.00. The van der Waals surface area contributed by atoms with Crippen molar-refractivity contribution in [1.82, 2.24) is 4.90 Å². The minimum absolute atomic E-state index is 0.110. The molecule has 0 aliphatic carbocycles. The summed E-state index contributed by atoms with van der Waals surface area (Å²) in [5.74, 6) is 0.130. The molecule has 0 unspecified atom stereocenters. The van der Waals surface area contributed by atoms with Crippen LogP contribution in [0.4, 0.5) is 8.78 Å². The average molecular weight is 372 g/mol. The number of hydrogen-bond acceptors (Lipinski definition) is 3. The van der Waals surface area contributed by atoms with Gasteiger partial charge in [-0.1, -0.05) is 11.6 Å². The number of likely N-dealkylation sites (tertiary alicyclic amines) is 1. The van der Waals surface area contributed by atoms with Gasteiger partial charge in [-0.2, -0.15) is 0 Å². The molecule has 7 heteroatoms. The van der Waals surface area contributed by atoms with Gasteiger partial charge >= 0.3 is 0 Å². The summed E-state index contributed by atoms with van der Waals surface area (Å²) in [7, 11) is 0. The number of benzene rings is 1. The van der Waals surface area contributed by atoms with Crippen LogP contribution in [0.1, 0.15) is 21.7 Å². The number of nitrogens with zero attached hydrogens (tertiary/aromatic N) is 1. The maximum absolute atomic E-state index is 13.8. The van der Waals surface area contributed by atoms with Crippen molar-refractivity contribution in [2.45, 2.75) is 23.2 Å². The summed E-state index contributed by atoms with van der Waals surface area (Å²) in [6, 6.07) is 4.92. The summed E-state index contributed by atoms with van der Waals surface area (Å²) >= 11 is 8.78. The largest absolute Gasteiger partial charge is 0.335 e. The molecule has 1 amide bonds. The van der Waals surface area contributed by atoms with Crippen molar-refractivity contribution < 1.29 is 13.6 Å². The number of carbonyl (C=O) groups excluding carboxylic acids is 1. The van der Waals surface area contributed by atoms with Crippen molar-refractivity contribution >= 4 is 40.6 Å². The maximum atomic E-state index is 13.8. The number of thioether (sulfide) groups is 1. The molecule has 1 atom stereocenters. The third-order valence-electron chi connectivity index (χ3n) is 4.09.